The van der Waals surface area contributed by atoms with Crippen LogP contribution in [0.5, 0.6) is 0 Å². The van der Waals surface area contributed by atoms with Gasteiger partial charge in [0.15, 0.2) is 0 Å². The van der Waals surface area contributed by atoms with Crippen molar-refractivity contribution in [2.24, 2.45) is 5.73 Å². The molecule has 0 saturated carbocycles. The van der Waals surface area contributed by atoms with Gasteiger partial charge < -0.3 is 5.73 Å². The molecule has 2 unspecified atom stereocenters. The molecule has 0 aliphatic carbocycles. The third-order valence-electron chi connectivity index (χ3n) is 3.17. The van der Waals surface area contributed by atoms with Gasteiger partial charge in [-0.1, -0.05) is 31.3 Å². The second kappa shape index (κ2) is 7.44. The number of aryl methyl sites for hydroxylation is 1. The summed E-state index contributed by atoms with van der Waals surface area (Å²) in [5.74, 6) is 0. The van der Waals surface area contributed by atoms with Crippen molar-refractivity contribution in [2.75, 3.05) is 12.8 Å². The summed E-state index contributed by atoms with van der Waals surface area (Å²) < 4.78 is 38.4. The fourth-order valence-corrected chi connectivity index (χ4v) is 3.58. The lowest BCUT2D eigenvalue weighted by Gasteiger charge is -2.12. The first-order valence-corrected chi connectivity index (χ1v) is 9.88. The minimum absolute atomic E-state index is 0.0586. The minimum Gasteiger partial charge on any atom is -0.389 e. The second-order valence-electron chi connectivity index (χ2n) is 4.84. The Hall–Kier alpha value is -0.830. The van der Waals surface area contributed by atoms with Crippen LogP contribution in [0.2, 0.25) is 0 Å². The number of rotatable bonds is 7. The molecule has 0 spiro atoms. The Morgan fingerprint density at radius 2 is 2.10 bits per heavy atom. The molecule has 0 aliphatic heterocycles. The molecule has 3 N–H and O–H groups in total. The highest BCUT2D eigenvalue weighted by molar-refractivity contribution is 7.89. The fraction of sp³-hybridized carbons (Fsp3) is 0.462. The molecule has 0 heterocycles. The highest BCUT2D eigenvalue weighted by Crippen LogP contribution is 2.17. The van der Waals surface area contributed by atoms with Crippen LogP contribution < -0.4 is 10.5 Å². The van der Waals surface area contributed by atoms with Gasteiger partial charge in [0.2, 0.25) is 10.0 Å². The summed E-state index contributed by atoms with van der Waals surface area (Å²) in [7, 11) is -4.60. The number of benzene rings is 1. The van der Waals surface area contributed by atoms with Crippen LogP contribution in [0.1, 0.15) is 24.5 Å². The summed E-state index contributed by atoms with van der Waals surface area (Å²) in [6.45, 7) is 3.77. The Morgan fingerprint density at radius 3 is 2.62 bits per heavy atom. The van der Waals surface area contributed by atoms with Gasteiger partial charge in [0.05, 0.1) is 4.90 Å². The quantitative estimate of drug-likeness (QED) is 0.719. The van der Waals surface area contributed by atoms with Crippen molar-refractivity contribution in [2.45, 2.75) is 30.4 Å². The molecule has 0 bridgehead atoms. The largest absolute Gasteiger partial charge is 0.389 e. The van der Waals surface area contributed by atoms with Gasteiger partial charge in [-0.25, -0.2) is 13.1 Å². The topological polar surface area (TPSA) is 89.3 Å². The summed E-state index contributed by atoms with van der Waals surface area (Å²) in [5.41, 5.74) is 6.66. The highest BCUT2D eigenvalue weighted by Gasteiger charge is 2.18. The number of hydrogen-bond acceptors (Lipinski definition) is 4. The van der Waals surface area contributed by atoms with Crippen molar-refractivity contribution in [1.82, 2.24) is 4.72 Å². The predicted molar refractivity (Wildman–Crippen MR) is 90.4 cm³/mol. The summed E-state index contributed by atoms with van der Waals surface area (Å²) in [5, 5.41) is -0.0586. The molecule has 0 amide bonds. The van der Waals surface area contributed by atoms with E-state index in [1.54, 1.807) is 25.3 Å². The summed E-state index contributed by atoms with van der Waals surface area (Å²) in [4.78, 5) is 0.319. The van der Waals surface area contributed by atoms with E-state index in [0.29, 0.717) is 17.5 Å². The molecule has 0 aromatic heterocycles. The van der Waals surface area contributed by atoms with Gasteiger partial charge in [0.25, 0.3) is 0 Å². The average Bonchev–Trinajstić information content (AvgIpc) is 2.38. The van der Waals surface area contributed by atoms with Crippen LogP contribution in [0.25, 0.3) is 0 Å². The van der Waals surface area contributed by atoms with Gasteiger partial charge in [0.1, 0.15) is 4.99 Å². The summed E-state index contributed by atoms with van der Waals surface area (Å²) in [6.07, 6.45) is 2.12. The molecular formula is C13H20N2O3S3. The van der Waals surface area contributed by atoms with Crippen molar-refractivity contribution >= 4 is 38.0 Å². The Kier molecular flexibility index (Phi) is 6.45. The van der Waals surface area contributed by atoms with Crippen LogP contribution in [0.3, 0.4) is 0 Å². The van der Waals surface area contributed by atoms with E-state index >= 15 is 0 Å². The van der Waals surface area contributed by atoms with E-state index in [0.717, 1.165) is 0 Å². The highest BCUT2D eigenvalue weighted by atomic mass is 32.2. The third kappa shape index (κ3) is 5.14. The van der Waals surface area contributed by atoms with Crippen molar-refractivity contribution in [3.8, 4) is 0 Å². The molecule has 8 heteroatoms. The summed E-state index contributed by atoms with van der Waals surface area (Å²) in [6, 6.07) is 4.84. The fourth-order valence-electron chi connectivity index (χ4n) is 1.68. The smallest absolute Gasteiger partial charge is 0.240 e. The number of thiocarbonyl (C=S) groups is 1. The lowest BCUT2D eigenvalue weighted by atomic mass is 10.1. The van der Waals surface area contributed by atoms with Crippen molar-refractivity contribution in [3.63, 3.8) is 0 Å². The predicted octanol–water partition coefficient (Wildman–Crippen LogP) is 1.06. The molecule has 5 nitrogen and oxygen atoms in total. The van der Waals surface area contributed by atoms with E-state index in [1.807, 2.05) is 6.92 Å². The number of nitrogens with two attached hydrogens (primary N) is 1. The maximum absolute atomic E-state index is 12.3. The van der Waals surface area contributed by atoms with E-state index in [2.05, 4.69) is 4.72 Å². The van der Waals surface area contributed by atoms with Gasteiger partial charge in [0, 0.05) is 34.4 Å². The van der Waals surface area contributed by atoms with E-state index in [4.69, 9.17) is 18.0 Å². The van der Waals surface area contributed by atoms with Crippen LogP contribution in [0, 0.1) is 6.92 Å². The zero-order valence-electron chi connectivity index (χ0n) is 12.3. The maximum atomic E-state index is 12.3. The molecular weight excluding hydrogens is 328 g/mol. The van der Waals surface area contributed by atoms with Gasteiger partial charge in [-0.15, -0.1) is 0 Å². The monoisotopic (exact) mass is 348 g/mol. The Balaban J connectivity index is 2.90. The molecule has 0 aliphatic rings. The van der Waals surface area contributed by atoms with Crippen molar-refractivity contribution in [1.29, 1.82) is 0 Å². The number of sulfonamides is 1. The van der Waals surface area contributed by atoms with Crippen LogP contribution in [-0.4, -0.2) is 35.7 Å². The Morgan fingerprint density at radius 1 is 1.48 bits per heavy atom. The number of hydrogen-bond donors (Lipinski definition) is 2. The lowest BCUT2D eigenvalue weighted by molar-refractivity contribution is 0.577. The minimum atomic E-state index is -3.63. The molecule has 1 aromatic rings. The zero-order chi connectivity index (χ0) is 16.2. The van der Waals surface area contributed by atoms with E-state index in [9.17, 15) is 12.6 Å². The molecule has 1 aromatic carbocycles. The average molecular weight is 349 g/mol. The van der Waals surface area contributed by atoms with Crippen LogP contribution in [-0.2, 0) is 20.8 Å². The maximum Gasteiger partial charge on any atom is 0.240 e. The normalized spacial score (nSPS) is 14.6. The first kappa shape index (κ1) is 18.2. The lowest BCUT2D eigenvalue weighted by Crippen LogP contribution is -2.28. The van der Waals surface area contributed by atoms with Gasteiger partial charge in [-0.3, -0.25) is 4.21 Å². The van der Waals surface area contributed by atoms with E-state index in [-0.39, 0.29) is 21.7 Å². The van der Waals surface area contributed by atoms with Crippen molar-refractivity contribution < 1.29 is 12.6 Å². The molecule has 0 radical (unpaired) electrons. The van der Waals surface area contributed by atoms with E-state index in [1.165, 1.54) is 6.07 Å². The molecule has 2 atom stereocenters. The first-order valence-electron chi connectivity index (χ1n) is 6.37. The zero-order valence-corrected chi connectivity index (χ0v) is 14.7. The van der Waals surface area contributed by atoms with Gasteiger partial charge in [-0.05, 0) is 25.0 Å². The Bertz CT molecular complexity index is 657. The first-order chi connectivity index (χ1) is 9.65. The molecule has 0 fully saturated rings. The van der Waals surface area contributed by atoms with E-state index < -0.39 is 20.8 Å². The molecule has 21 heavy (non-hydrogen) atoms. The Labute approximate surface area is 133 Å². The molecule has 118 valence electrons. The SMILES string of the molecule is Cc1ccc(C(N)=S)cc1S(=O)(=O)NCCC(C)S(C)=O. The van der Waals surface area contributed by atoms with Crippen LogP contribution in [0.4, 0.5) is 0 Å². The molecule has 0 saturated heterocycles. The van der Waals surface area contributed by atoms with Gasteiger partial charge >= 0.3 is 0 Å². The second-order valence-corrected chi connectivity index (χ2v) is 8.82. The standard InChI is InChI=1S/C13H20N2O3S3/c1-9-4-5-11(13(14)19)8-12(9)21(17,18)15-7-6-10(2)20(3)16/h4-5,8,10,15H,6-7H2,1-3H3,(H2,14,19). The third-order valence-corrected chi connectivity index (χ3v) is 6.38. The molecule has 1 rings (SSSR count). The van der Waals surface area contributed by atoms with Crippen molar-refractivity contribution in [3.05, 3.63) is 29.3 Å². The number of nitrogens with one attached hydrogen (secondary N) is 1. The van der Waals surface area contributed by atoms with Gasteiger partial charge in [-0.2, -0.15) is 0 Å². The summed E-state index contributed by atoms with van der Waals surface area (Å²) >= 11 is 4.87. The van der Waals surface area contributed by atoms with Crippen LogP contribution in [0.15, 0.2) is 23.1 Å². The van der Waals surface area contributed by atoms with Crippen LogP contribution >= 0.6 is 12.2 Å².